The normalized spacial score (nSPS) is 10.5. The average molecular weight is 266 g/mol. The van der Waals surface area contributed by atoms with E-state index in [1.165, 1.54) is 11.3 Å². The molecule has 0 amide bonds. The minimum absolute atomic E-state index is 0.0320. The third-order valence-electron chi connectivity index (χ3n) is 2.66. The van der Waals surface area contributed by atoms with Crippen molar-refractivity contribution in [1.29, 1.82) is 0 Å². The molecule has 1 aromatic carbocycles. The zero-order chi connectivity index (χ0) is 12.6. The molecule has 0 saturated carbocycles. The summed E-state index contributed by atoms with van der Waals surface area (Å²) in [7, 11) is 0. The molecule has 0 unspecified atom stereocenters. The highest BCUT2D eigenvalue weighted by Gasteiger charge is 2.18. The highest BCUT2D eigenvalue weighted by Crippen LogP contribution is 2.28. The molecule has 2 rings (SSSR count). The summed E-state index contributed by atoms with van der Waals surface area (Å²) in [6.07, 6.45) is 0. The van der Waals surface area contributed by atoms with E-state index in [1.807, 2.05) is 19.2 Å². The van der Waals surface area contributed by atoms with Gasteiger partial charge in [0.15, 0.2) is 5.78 Å². The third kappa shape index (κ3) is 2.21. The summed E-state index contributed by atoms with van der Waals surface area (Å²) in [6, 6.07) is 5.25. The molecule has 0 fully saturated rings. The first kappa shape index (κ1) is 12.1. The second-order valence-corrected chi connectivity index (χ2v) is 5.29. The third-order valence-corrected chi connectivity index (χ3v) is 3.83. The number of hydrogen-bond acceptors (Lipinski definition) is 3. The fraction of sp³-hybridized carbons (Fsp3) is 0.154. The van der Waals surface area contributed by atoms with Gasteiger partial charge in [-0.1, -0.05) is 11.6 Å². The predicted molar refractivity (Wildman–Crippen MR) is 73.1 cm³/mol. The molecule has 1 aromatic heterocycles. The second-order valence-electron chi connectivity index (χ2n) is 3.95. The van der Waals surface area contributed by atoms with Crippen LogP contribution in [-0.4, -0.2) is 5.78 Å². The van der Waals surface area contributed by atoms with E-state index in [0.29, 0.717) is 21.2 Å². The van der Waals surface area contributed by atoms with Gasteiger partial charge in [0, 0.05) is 10.6 Å². The fourth-order valence-corrected chi connectivity index (χ4v) is 2.79. The van der Waals surface area contributed by atoms with Crippen molar-refractivity contribution in [3.05, 3.63) is 50.9 Å². The van der Waals surface area contributed by atoms with E-state index in [-0.39, 0.29) is 5.78 Å². The fourth-order valence-electron chi connectivity index (χ4n) is 1.77. The minimum atomic E-state index is -0.0320. The van der Waals surface area contributed by atoms with E-state index in [2.05, 4.69) is 0 Å². The van der Waals surface area contributed by atoms with E-state index in [4.69, 9.17) is 17.3 Å². The van der Waals surface area contributed by atoms with Gasteiger partial charge in [-0.2, -0.15) is 0 Å². The zero-order valence-corrected chi connectivity index (χ0v) is 11.2. The van der Waals surface area contributed by atoms with Gasteiger partial charge < -0.3 is 5.73 Å². The second kappa shape index (κ2) is 4.51. The Labute approximate surface area is 109 Å². The number of ketones is 1. The Balaban J connectivity index is 2.51. The molecule has 0 aliphatic rings. The van der Waals surface area contributed by atoms with Crippen LogP contribution in [0.25, 0.3) is 0 Å². The van der Waals surface area contributed by atoms with Gasteiger partial charge in [-0.05, 0) is 48.6 Å². The Kier molecular flexibility index (Phi) is 3.22. The lowest BCUT2D eigenvalue weighted by molar-refractivity contribution is 0.103. The standard InChI is InChI=1S/C13H12ClNOS/c1-7-5-9(14)3-4-10(7)12(16)11-8(2)6-17-13(11)15/h3-6H,15H2,1-2H3. The van der Waals surface area contributed by atoms with Crippen molar-refractivity contribution in [2.45, 2.75) is 13.8 Å². The molecule has 0 spiro atoms. The van der Waals surface area contributed by atoms with Gasteiger partial charge in [0.25, 0.3) is 0 Å². The maximum absolute atomic E-state index is 12.4. The van der Waals surface area contributed by atoms with Crippen molar-refractivity contribution in [2.24, 2.45) is 0 Å². The van der Waals surface area contributed by atoms with Crippen molar-refractivity contribution in [1.82, 2.24) is 0 Å². The lowest BCUT2D eigenvalue weighted by Gasteiger charge is -2.06. The van der Waals surface area contributed by atoms with Crippen molar-refractivity contribution >= 4 is 33.7 Å². The molecule has 0 aliphatic carbocycles. The van der Waals surface area contributed by atoms with Gasteiger partial charge in [-0.15, -0.1) is 11.3 Å². The van der Waals surface area contributed by atoms with E-state index in [0.717, 1.165) is 11.1 Å². The number of benzene rings is 1. The summed E-state index contributed by atoms with van der Waals surface area (Å²) in [5, 5.41) is 3.10. The summed E-state index contributed by atoms with van der Waals surface area (Å²) >= 11 is 7.27. The van der Waals surface area contributed by atoms with Crippen LogP contribution in [0.1, 0.15) is 27.0 Å². The van der Waals surface area contributed by atoms with Gasteiger partial charge in [-0.3, -0.25) is 4.79 Å². The van der Waals surface area contributed by atoms with Gasteiger partial charge in [0.05, 0.1) is 10.6 Å². The first-order chi connectivity index (χ1) is 8.00. The molecular formula is C13H12ClNOS. The van der Waals surface area contributed by atoms with E-state index < -0.39 is 0 Å². The van der Waals surface area contributed by atoms with Gasteiger partial charge in [0.1, 0.15) is 0 Å². The molecule has 0 atom stereocenters. The molecule has 0 radical (unpaired) electrons. The van der Waals surface area contributed by atoms with Crippen LogP contribution >= 0.6 is 22.9 Å². The molecule has 2 N–H and O–H groups in total. The first-order valence-electron chi connectivity index (χ1n) is 5.15. The number of halogens is 1. The number of nitrogens with two attached hydrogens (primary N) is 1. The van der Waals surface area contributed by atoms with Crippen molar-refractivity contribution < 1.29 is 4.79 Å². The highest BCUT2D eigenvalue weighted by molar-refractivity contribution is 7.14. The minimum Gasteiger partial charge on any atom is -0.390 e. The molecule has 17 heavy (non-hydrogen) atoms. The van der Waals surface area contributed by atoms with Crippen LogP contribution in [0.2, 0.25) is 5.02 Å². The summed E-state index contributed by atoms with van der Waals surface area (Å²) in [5.41, 5.74) is 8.89. The number of thiophene rings is 1. The zero-order valence-electron chi connectivity index (χ0n) is 9.58. The largest absolute Gasteiger partial charge is 0.390 e. The Bertz CT molecular complexity index is 570. The molecule has 0 aliphatic heterocycles. The van der Waals surface area contributed by atoms with Gasteiger partial charge in [-0.25, -0.2) is 0 Å². The van der Waals surface area contributed by atoms with E-state index >= 15 is 0 Å². The monoisotopic (exact) mass is 265 g/mol. The summed E-state index contributed by atoms with van der Waals surface area (Å²) < 4.78 is 0. The van der Waals surface area contributed by atoms with Crippen LogP contribution in [0, 0.1) is 13.8 Å². The number of nitrogen functional groups attached to an aromatic ring is 1. The van der Waals surface area contributed by atoms with Crippen molar-refractivity contribution in [3.8, 4) is 0 Å². The molecule has 4 heteroatoms. The average Bonchev–Trinajstić information content (AvgIpc) is 2.58. The van der Waals surface area contributed by atoms with Crippen molar-refractivity contribution in [2.75, 3.05) is 5.73 Å². The number of carbonyl (C=O) groups excluding carboxylic acids is 1. The molecule has 2 aromatic rings. The Morgan fingerprint density at radius 2 is 2.00 bits per heavy atom. The molecule has 1 heterocycles. The topological polar surface area (TPSA) is 43.1 Å². The smallest absolute Gasteiger partial charge is 0.196 e. The van der Waals surface area contributed by atoms with Crippen LogP contribution in [0.15, 0.2) is 23.6 Å². The maximum atomic E-state index is 12.4. The summed E-state index contributed by atoms with van der Waals surface area (Å²) in [6.45, 7) is 3.77. The van der Waals surface area contributed by atoms with Crippen LogP contribution in [0.3, 0.4) is 0 Å². The van der Waals surface area contributed by atoms with Crippen LogP contribution in [-0.2, 0) is 0 Å². The first-order valence-corrected chi connectivity index (χ1v) is 6.41. The van der Waals surface area contributed by atoms with Gasteiger partial charge >= 0.3 is 0 Å². The van der Waals surface area contributed by atoms with Crippen LogP contribution in [0.4, 0.5) is 5.00 Å². The Hall–Kier alpha value is -1.32. The Morgan fingerprint density at radius 1 is 1.29 bits per heavy atom. The maximum Gasteiger partial charge on any atom is 0.196 e. The number of carbonyl (C=O) groups is 1. The number of aryl methyl sites for hydroxylation is 2. The molecule has 0 bridgehead atoms. The number of rotatable bonds is 2. The van der Waals surface area contributed by atoms with Crippen LogP contribution in [0.5, 0.6) is 0 Å². The molecule has 0 saturated heterocycles. The molecule has 2 nitrogen and oxygen atoms in total. The lowest BCUT2D eigenvalue weighted by Crippen LogP contribution is -2.06. The molecular weight excluding hydrogens is 254 g/mol. The van der Waals surface area contributed by atoms with Crippen molar-refractivity contribution in [3.63, 3.8) is 0 Å². The SMILES string of the molecule is Cc1cc(Cl)ccc1C(=O)c1c(C)csc1N. The van der Waals surface area contributed by atoms with Gasteiger partial charge in [0.2, 0.25) is 0 Å². The Morgan fingerprint density at radius 3 is 2.53 bits per heavy atom. The number of hydrogen-bond donors (Lipinski definition) is 1. The van der Waals surface area contributed by atoms with E-state index in [1.54, 1.807) is 18.2 Å². The number of anilines is 1. The summed E-state index contributed by atoms with van der Waals surface area (Å²) in [5.74, 6) is -0.0320. The predicted octanol–water partition coefficient (Wildman–Crippen LogP) is 3.83. The van der Waals surface area contributed by atoms with Crippen LogP contribution < -0.4 is 5.73 Å². The van der Waals surface area contributed by atoms with E-state index in [9.17, 15) is 4.79 Å². The highest BCUT2D eigenvalue weighted by atomic mass is 35.5. The molecule has 88 valence electrons. The lowest BCUT2D eigenvalue weighted by atomic mass is 9.98. The quantitative estimate of drug-likeness (QED) is 0.839. The summed E-state index contributed by atoms with van der Waals surface area (Å²) in [4.78, 5) is 12.4.